The van der Waals surface area contributed by atoms with Gasteiger partial charge in [0, 0.05) is 0 Å². The molecule has 0 N–H and O–H groups in total. The minimum atomic E-state index is -0.404. The van der Waals surface area contributed by atoms with E-state index in [1.165, 1.54) is 0 Å². The van der Waals surface area contributed by atoms with Crippen LogP contribution in [0.5, 0.6) is 0 Å². The Bertz CT molecular complexity index is 68.5. The van der Waals surface area contributed by atoms with Crippen molar-refractivity contribution in [1.82, 2.24) is 0 Å². The molecule has 0 aliphatic carbocycles. The van der Waals surface area contributed by atoms with Crippen molar-refractivity contribution in [1.29, 1.82) is 0 Å². The Morgan fingerprint density at radius 2 is 2.14 bits per heavy atom. The Labute approximate surface area is 52.1 Å². The van der Waals surface area contributed by atoms with Crippen LogP contribution >= 0.6 is 11.1 Å². The minimum Gasteiger partial charge on any atom is -0.175 e. The summed E-state index contributed by atoms with van der Waals surface area (Å²) in [5.74, 6) is 0. The van der Waals surface area contributed by atoms with E-state index in [-0.39, 0.29) is 5.04 Å². The predicted octanol–water partition coefficient (Wildman–Crippen LogP) is 1.69. The van der Waals surface area contributed by atoms with Gasteiger partial charge < -0.3 is 0 Å². The van der Waals surface area contributed by atoms with Crippen molar-refractivity contribution in [2.24, 2.45) is 0 Å². The molecule has 7 heavy (non-hydrogen) atoms. The van der Waals surface area contributed by atoms with Crippen molar-refractivity contribution < 1.29 is 0 Å². The molecule has 0 saturated carbocycles. The third-order valence-corrected chi connectivity index (χ3v) is 3.94. The highest BCUT2D eigenvalue weighted by Gasteiger charge is 2.09. The molecule has 0 fully saturated rings. The van der Waals surface area contributed by atoms with Gasteiger partial charge in [0.05, 0.1) is 0 Å². The summed E-state index contributed by atoms with van der Waals surface area (Å²) in [6.07, 6.45) is 1.92. The molecule has 0 heterocycles. The molecule has 0 rings (SSSR count). The van der Waals surface area contributed by atoms with Crippen LogP contribution in [0.2, 0.25) is 5.04 Å². The smallest absolute Gasteiger partial charge is 0.134 e. The van der Waals surface area contributed by atoms with E-state index in [0.29, 0.717) is 0 Å². The summed E-state index contributed by atoms with van der Waals surface area (Å²) in [5, 5.41) is 0.252. The van der Waals surface area contributed by atoms with Crippen LogP contribution < -0.4 is 0 Å². The van der Waals surface area contributed by atoms with Gasteiger partial charge in [-0.2, -0.15) is 11.1 Å². The fraction of sp³-hybridized carbons (Fsp3) is 0.600. The average Bonchev–Trinajstić information content (AvgIpc) is 1.68. The Hall–Kier alpha value is 0.247. The van der Waals surface area contributed by atoms with Crippen molar-refractivity contribution >= 4 is 19.9 Å². The molecular weight excluding hydrogens is 124 g/mol. The van der Waals surface area contributed by atoms with Crippen LogP contribution in [0.4, 0.5) is 0 Å². The fourth-order valence-electron chi connectivity index (χ4n) is 0.0546. The van der Waals surface area contributed by atoms with E-state index in [1.54, 1.807) is 0 Å². The molecule has 0 amide bonds. The van der Waals surface area contributed by atoms with Gasteiger partial charge >= 0.3 is 0 Å². The Balaban J connectivity index is 3.58. The molecule has 0 saturated heterocycles. The first-order chi connectivity index (χ1) is 3.12. The van der Waals surface area contributed by atoms with Crippen molar-refractivity contribution in [3.63, 3.8) is 0 Å². The predicted molar refractivity (Wildman–Crippen MR) is 38.6 cm³/mol. The second-order valence-corrected chi connectivity index (χ2v) is 5.22. The lowest BCUT2D eigenvalue weighted by Crippen LogP contribution is -2.01. The van der Waals surface area contributed by atoms with E-state index < -0.39 is 8.83 Å². The Kier molecular flexibility index (Phi) is 2.62. The maximum absolute atomic E-state index is 5.66. The maximum Gasteiger partial charge on any atom is 0.134 e. The third kappa shape index (κ3) is 2.89. The molecule has 0 aliphatic heterocycles. The van der Waals surface area contributed by atoms with E-state index in [2.05, 4.69) is 20.4 Å². The summed E-state index contributed by atoms with van der Waals surface area (Å²) in [7, 11) is -0.404. The molecule has 42 valence electrons. The van der Waals surface area contributed by atoms with Gasteiger partial charge in [-0.1, -0.05) is 19.9 Å². The van der Waals surface area contributed by atoms with Gasteiger partial charge in [0.25, 0.3) is 0 Å². The molecule has 0 spiro atoms. The molecule has 0 atom stereocenters. The number of halogens is 1. The van der Waals surface area contributed by atoms with Crippen molar-refractivity contribution in [2.75, 3.05) is 0 Å². The number of allylic oxidation sites excluding steroid dienone is 1. The first-order valence-electron chi connectivity index (χ1n) is 2.32. The third-order valence-electron chi connectivity index (χ3n) is 0.897. The first kappa shape index (κ1) is 7.25. The Morgan fingerprint density at radius 3 is 2.14 bits per heavy atom. The quantitative estimate of drug-likeness (QED) is 0.307. The highest BCUT2D eigenvalue weighted by atomic mass is 35.6. The lowest BCUT2D eigenvalue weighted by Gasteiger charge is -2.12. The number of hydrogen-bond donors (Lipinski definition) is 0. The van der Waals surface area contributed by atoms with Gasteiger partial charge in [0.2, 0.25) is 0 Å². The van der Waals surface area contributed by atoms with Gasteiger partial charge in [-0.05, 0) is 5.04 Å². The lowest BCUT2D eigenvalue weighted by atomic mass is 10.2. The maximum atomic E-state index is 5.66. The Morgan fingerprint density at radius 1 is 1.71 bits per heavy atom. The second-order valence-electron chi connectivity index (χ2n) is 2.33. The number of rotatable bonds is 2. The van der Waals surface area contributed by atoms with E-state index in [4.69, 9.17) is 11.1 Å². The van der Waals surface area contributed by atoms with Gasteiger partial charge in [0.15, 0.2) is 0 Å². The second kappa shape index (κ2) is 2.53. The first-order valence-corrected chi connectivity index (χ1v) is 5.16. The molecule has 2 heteroatoms. The average molecular weight is 135 g/mol. The molecule has 0 nitrogen and oxygen atoms in total. The van der Waals surface area contributed by atoms with Crippen LogP contribution in [-0.2, 0) is 0 Å². The molecule has 0 unspecified atom stereocenters. The standard InChI is InChI=1S/C5H11ClSi/c1-4-5(2,3)7-6/h4H,1,7H2,2-3H3. The molecular formula is C5H11ClSi. The summed E-state index contributed by atoms with van der Waals surface area (Å²) in [6.45, 7) is 7.87. The van der Waals surface area contributed by atoms with Gasteiger partial charge in [-0.3, -0.25) is 0 Å². The largest absolute Gasteiger partial charge is 0.175 e. The zero-order valence-corrected chi connectivity index (χ0v) is 7.04. The summed E-state index contributed by atoms with van der Waals surface area (Å²) >= 11 is 5.66. The van der Waals surface area contributed by atoms with Crippen molar-refractivity contribution in [2.45, 2.75) is 18.9 Å². The zero-order valence-electron chi connectivity index (χ0n) is 4.87. The topological polar surface area (TPSA) is 0 Å². The van der Waals surface area contributed by atoms with Crippen LogP contribution in [0.1, 0.15) is 13.8 Å². The van der Waals surface area contributed by atoms with E-state index in [9.17, 15) is 0 Å². The van der Waals surface area contributed by atoms with Crippen LogP contribution in [0.3, 0.4) is 0 Å². The summed E-state index contributed by atoms with van der Waals surface area (Å²) in [5.41, 5.74) is 0. The zero-order chi connectivity index (χ0) is 5.91. The normalized spacial score (nSPS) is 13.0. The highest BCUT2D eigenvalue weighted by molar-refractivity contribution is 6.95. The highest BCUT2D eigenvalue weighted by Crippen LogP contribution is 2.23. The molecule has 0 aromatic carbocycles. The molecule has 0 aliphatic rings. The molecule has 0 bridgehead atoms. The fourth-order valence-corrected chi connectivity index (χ4v) is 0.491. The summed E-state index contributed by atoms with van der Waals surface area (Å²) in [6, 6.07) is 0. The minimum absolute atomic E-state index is 0.252. The van der Waals surface area contributed by atoms with Crippen molar-refractivity contribution in [3.05, 3.63) is 12.7 Å². The van der Waals surface area contributed by atoms with Crippen molar-refractivity contribution in [3.8, 4) is 0 Å². The molecule has 0 aromatic rings. The lowest BCUT2D eigenvalue weighted by molar-refractivity contribution is 0.860. The molecule has 0 radical (unpaired) electrons. The van der Waals surface area contributed by atoms with Crippen LogP contribution in [-0.4, -0.2) is 8.83 Å². The van der Waals surface area contributed by atoms with Crippen LogP contribution in [0.15, 0.2) is 12.7 Å². The van der Waals surface area contributed by atoms with Gasteiger partial charge in [-0.25, -0.2) is 0 Å². The van der Waals surface area contributed by atoms with Gasteiger partial charge in [0.1, 0.15) is 8.83 Å². The summed E-state index contributed by atoms with van der Waals surface area (Å²) < 4.78 is 0. The molecule has 0 aromatic heterocycles. The van der Waals surface area contributed by atoms with Gasteiger partial charge in [-0.15, -0.1) is 6.58 Å². The van der Waals surface area contributed by atoms with E-state index >= 15 is 0 Å². The van der Waals surface area contributed by atoms with Crippen LogP contribution in [0, 0.1) is 0 Å². The van der Waals surface area contributed by atoms with E-state index in [1.807, 2.05) is 6.08 Å². The van der Waals surface area contributed by atoms with Crippen LogP contribution in [0.25, 0.3) is 0 Å². The van der Waals surface area contributed by atoms with E-state index in [0.717, 1.165) is 0 Å². The number of hydrogen-bond acceptors (Lipinski definition) is 0. The summed E-state index contributed by atoms with van der Waals surface area (Å²) in [4.78, 5) is 0. The SMILES string of the molecule is C=CC(C)(C)[SiH2]Cl. The monoisotopic (exact) mass is 134 g/mol.